The Kier molecular flexibility index (Phi) is 7.90. The molecular formula is C17H25Cl2F2N3O. The van der Waals surface area contributed by atoms with Crippen molar-refractivity contribution in [1.29, 1.82) is 0 Å². The second-order valence-electron chi connectivity index (χ2n) is 6.51. The third-order valence-corrected chi connectivity index (χ3v) is 4.63. The molecule has 0 aliphatic carbocycles. The summed E-state index contributed by atoms with van der Waals surface area (Å²) in [5.74, 6) is -3.05. The Bertz CT molecular complexity index is 583. The molecule has 2 heterocycles. The van der Waals surface area contributed by atoms with E-state index in [4.69, 9.17) is 0 Å². The Balaban J connectivity index is 0.00000156. The highest BCUT2D eigenvalue weighted by Crippen LogP contribution is 2.28. The number of hydrogen-bond acceptors (Lipinski definition) is 3. The fourth-order valence-corrected chi connectivity index (χ4v) is 3.40. The van der Waals surface area contributed by atoms with Crippen molar-refractivity contribution >= 4 is 36.4 Å². The Labute approximate surface area is 159 Å². The molecule has 4 nitrogen and oxygen atoms in total. The van der Waals surface area contributed by atoms with Crippen molar-refractivity contribution in [2.24, 2.45) is 0 Å². The van der Waals surface area contributed by atoms with Crippen LogP contribution in [0.3, 0.4) is 0 Å². The van der Waals surface area contributed by atoms with Crippen LogP contribution in [-0.4, -0.2) is 49.5 Å². The van der Waals surface area contributed by atoms with Gasteiger partial charge in [-0.2, -0.15) is 0 Å². The number of nitrogens with one attached hydrogen (secondary N) is 1. The van der Waals surface area contributed by atoms with Crippen molar-refractivity contribution < 1.29 is 13.6 Å². The number of para-hydroxylation sites is 1. The quantitative estimate of drug-likeness (QED) is 0.850. The van der Waals surface area contributed by atoms with E-state index in [2.05, 4.69) is 16.3 Å². The Hall–Kier alpha value is -1.11. The van der Waals surface area contributed by atoms with Gasteiger partial charge in [-0.1, -0.05) is 18.2 Å². The molecule has 1 amide bonds. The number of carbonyl (C=O) groups excluding carboxylic acids is 1. The summed E-state index contributed by atoms with van der Waals surface area (Å²) < 4.78 is 26.5. The zero-order chi connectivity index (χ0) is 16.4. The molecule has 1 unspecified atom stereocenters. The van der Waals surface area contributed by atoms with E-state index >= 15 is 0 Å². The van der Waals surface area contributed by atoms with Gasteiger partial charge in [0.1, 0.15) is 0 Å². The monoisotopic (exact) mass is 395 g/mol. The minimum atomic E-state index is -2.78. The lowest BCUT2D eigenvalue weighted by Crippen LogP contribution is -2.41. The molecule has 1 atom stereocenters. The average molecular weight is 396 g/mol. The maximum absolute atomic E-state index is 13.3. The summed E-state index contributed by atoms with van der Waals surface area (Å²) in [4.78, 5) is 16.3. The fraction of sp³-hybridized carbons (Fsp3) is 0.588. The van der Waals surface area contributed by atoms with Gasteiger partial charge < -0.3 is 9.80 Å². The summed E-state index contributed by atoms with van der Waals surface area (Å²) >= 11 is 0. The highest BCUT2D eigenvalue weighted by molar-refractivity contribution is 5.85. The Morgan fingerprint density at radius 1 is 1.28 bits per heavy atom. The van der Waals surface area contributed by atoms with Crippen molar-refractivity contribution in [2.45, 2.75) is 37.8 Å². The number of carbonyl (C=O) groups is 1. The molecule has 2 saturated heterocycles. The van der Waals surface area contributed by atoms with E-state index in [1.807, 2.05) is 18.2 Å². The van der Waals surface area contributed by atoms with Crippen LogP contribution in [0.1, 0.15) is 24.8 Å². The maximum Gasteiger partial charge on any atom is 0.262 e. The molecule has 0 spiro atoms. The molecule has 0 aromatic heterocycles. The molecule has 1 aromatic rings. The smallest absolute Gasteiger partial charge is 0.262 e. The second kappa shape index (κ2) is 9.01. The SMILES string of the molecule is CN(Cc1ccccc1N1CCCC1)C(=O)C1CC(F)(F)CN1.Cl.Cl. The van der Waals surface area contributed by atoms with E-state index < -0.39 is 24.9 Å². The molecule has 2 aliphatic heterocycles. The Morgan fingerprint density at radius 3 is 2.52 bits per heavy atom. The standard InChI is InChI=1S/C17H23F2N3O.2ClH/c1-21(16(23)14-10-17(18,19)12-20-14)11-13-6-2-3-7-15(13)22-8-4-5-9-22;;/h2-3,6-7,14,20H,4-5,8-12H2,1H3;2*1H. The first-order valence-corrected chi connectivity index (χ1v) is 8.15. The molecule has 0 saturated carbocycles. The van der Waals surface area contributed by atoms with Crippen LogP contribution < -0.4 is 10.2 Å². The number of rotatable bonds is 4. The summed E-state index contributed by atoms with van der Waals surface area (Å²) in [5.41, 5.74) is 2.21. The number of alkyl halides is 2. The number of nitrogens with zero attached hydrogens (tertiary/aromatic N) is 2. The summed E-state index contributed by atoms with van der Waals surface area (Å²) in [6.07, 6.45) is 1.96. The molecule has 1 aromatic carbocycles. The highest BCUT2D eigenvalue weighted by atomic mass is 35.5. The summed E-state index contributed by atoms with van der Waals surface area (Å²) in [6, 6.07) is 7.25. The van der Waals surface area contributed by atoms with Gasteiger partial charge in [0.15, 0.2) is 0 Å². The molecular weight excluding hydrogens is 371 g/mol. The third-order valence-electron chi connectivity index (χ3n) is 4.63. The normalized spacial score (nSPS) is 21.4. The van der Waals surface area contributed by atoms with Crippen molar-refractivity contribution in [2.75, 3.05) is 31.6 Å². The number of hydrogen-bond donors (Lipinski definition) is 1. The number of benzene rings is 1. The van der Waals surface area contributed by atoms with Gasteiger partial charge in [-0.3, -0.25) is 10.1 Å². The second-order valence-corrected chi connectivity index (χ2v) is 6.51. The first kappa shape index (κ1) is 21.9. The lowest BCUT2D eigenvalue weighted by Gasteiger charge is -2.26. The number of halogens is 4. The van der Waals surface area contributed by atoms with E-state index in [1.54, 1.807) is 11.9 Å². The van der Waals surface area contributed by atoms with Crippen LogP contribution in [-0.2, 0) is 11.3 Å². The molecule has 1 N–H and O–H groups in total. The van der Waals surface area contributed by atoms with Crippen LogP contribution in [0, 0.1) is 0 Å². The van der Waals surface area contributed by atoms with Gasteiger partial charge in [-0.25, -0.2) is 8.78 Å². The van der Waals surface area contributed by atoms with Gasteiger partial charge in [0, 0.05) is 38.8 Å². The lowest BCUT2D eigenvalue weighted by atomic mass is 10.1. The van der Waals surface area contributed by atoms with Crippen molar-refractivity contribution in [3.63, 3.8) is 0 Å². The molecule has 142 valence electrons. The number of amides is 1. The predicted octanol–water partition coefficient (Wildman–Crippen LogP) is 3.09. The van der Waals surface area contributed by atoms with E-state index in [0.717, 1.165) is 24.3 Å². The maximum atomic E-state index is 13.3. The lowest BCUT2D eigenvalue weighted by molar-refractivity contribution is -0.132. The van der Waals surface area contributed by atoms with Crippen LogP contribution in [0.25, 0.3) is 0 Å². The zero-order valence-corrected chi connectivity index (χ0v) is 15.8. The number of likely N-dealkylation sites (N-methyl/N-ethyl adjacent to an activating group) is 1. The van der Waals surface area contributed by atoms with Crippen LogP contribution in [0.5, 0.6) is 0 Å². The minimum Gasteiger partial charge on any atom is -0.371 e. The van der Waals surface area contributed by atoms with Crippen molar-refractivity contribution in [3.8, 4) is 0 Å². The average Bonchev–Trinajstić information content (AvgIpc) is 3.16. The van der Waals surface area contributed by atoms with Crippen LogP contribution in [0.2, 0.25) is 0 Å². The van der Waals surface area contributed by atoms with Crippen LogP contribution >= 0.6 is 24.8 Å². The first-order chi connectivity index (χ1) is 11.0. The van der Waals surface area contributed by atoms with Gasteiger partial charge >= 0.3 is 0 Å². The summed E-state index contributed by atoms with van der Waals surface area (Å²) in [5, 5.41) is 2.63. The van der Waals surface area contributed by atoms with Gasteiger partial charge in [0.25, 0.3) is 5.92 Å². The first-order valence-electron chi connectivity index (χ1n) is 8.15. The Morgan fingerprint density at radius 2 is 1.92 bits per heavy atom. The fourth-order valence-electron chi connectivity index (χ4n) is 3.40. The van der Waals surface area contributed by atoms with Gasteiger partial charge in [0.2, 0.25) is 5.91 Å². The molecule has 2 aliphatic rings. The van der Waals surface area contributed by atoms with E-state index in [9.17, 15) is 13.6 Å². The van der Waals surface area contributed by atoms with Crippen LogP contribution in [0.15, 0.2) is 24.3 Å². The molecule has 25 heavy (non-hydrogen) atoms. The molecule has 3 rings (SSSR count). The summed E-state index contributed by atoms with van der Waals surface area (Å²) in [7, 11) is 1.68. The topological polar surface area (TPSA) is 35.6 Å². The van der Waals surface area contributed by atoms with Crippen LogP contribution in [0.4, 0.5) is 14.5 Å². The van der Waals surface area contributed by atoms with Gasteiger partial charge in [0.05, 0.1) is 12.6 Å². The van der Waals surface area contributed by atoms with E-state index in [-0.39, 0.29) is 30.7 Å². The van der Waals surface area contributed by atoms with E-state index in [1.165, 1.54) is 12.8 Å². The molecule has 2 fully saturated rings. The predicted molar refractivity (Wildman–Crippen MR) is 100 cm³/mol. The number of anilines is 1. The minimum absolute atomic E-state index is 0. The van der Waals surface area contributed by atoms with Crippen molar-refractivity contribution in [3.05, 3.63) is 29.8 Å². The van der Waals surface area contributed by atoms with Gasteiger partial charge in [-0.15, -0.1) is 24.8 Å². The van der Waals surface area contributed by atoms with E-state index in [0.29, 0.717) is 6.54 Å². The zero-order valence-electron chi connectivity index (χ0n) is 14.2. The third kappa shape index (κ3) is 5.19. The largest absolute Gasteiger partial charge is 0.371 e. The highest BCUT2D eigenvalue weighted by Gasteiger charge is 2.43. The van der Waals surface area contributed by atoms with Gasteiger partial charge in [-0.05, 0) is 24.5 Å². The molecule has 8 heteroatoms. The molecule has 0 bridgehead atoms. The molecule has 0 radical (unpaired) electrons. The van der Waals surface area contributed by atoms with Crippen molar-refractivity contribution in [1.82, 2.24) is 10.2 Å². The summed E-state index contributed by atoms with van der Waals surface area (Å²) in [6.45, 7) is 2.09.